The number of rotatable bonds is 3. The van der Waals surface area contributed by atoms with E-state index in [2.05, 4.69) is 26.0 Å². The molecule has 0 heterocycles. The maximum absolute atomic E-state index is 13.2. The molecule has 0 aromatic rings. The minimum atomic E-state index is -0.132. The number of carbonyl (C=O) groups is 2. The van der Waals surface area contributed by atoms with Crippen molar-refractivity contribution in [3.05, 3.63) is 12.2 Å². The summed E-state index contributed by atoms with van der Waals surface area (Å²) >= 11 is 0. The molecule has 0 aliphatic heterocycles. The fraction of sp³-hybridized carbons (Fsp3) is 0.826. The predicted octanol–water partition coefficient (Wildman–Crippen LogP) is 4.30. The zero-order chi connectivity index (χ0) is 18.5. The van der Waals surface area contributed by atoms with Gasteiger partial charge in [0.2, 0.25) is 0 Å². The van der Waals surface area contributed by atoms with Crippen LogP contribution >= 0.6 is 0 Å². The molecule has 0 aromatic carbocycles. The molecular weight excluding hydrogens is 322 g/mol. The minimum absolute atomic E-state index is 0.132. The van der Waals surface area contributed by atoms with E-state index < -0.39 is 0 Å². The van der Waals surface area contributed by atoms with E-state index in [1.54, 1.807) is 0 Å². The molecule has 4 aliphatic carbocycles. The first kappa shape index (κ1) is 18.4. The molecule has 4 rings (SSSR count). The van der Waals surface area contributed by atoms with Crippen LogP contribution < -0.4 is 5.73 Å². The topological polar surface area (TPSA) is 60.2 Å². The summed E-state index contributed by atoms with van der Waals surface area (Å²) in [5.74, 6) is 3.29. The second-order valence-corrected chi connectivity index (χ2v) is 10.1. The van der Waals surface area contributed by atoms with Crippen molar-refractivity contribution in [2.45, 2.75) is 71.6 Å². The Kier molecular flexibility index (Phi) is 4.66. The van der Waals surface area contributed by atoms with E-state index in [-0.39, 0.29) is 16.7 Å². The van der Waals surface area contributed by atoms with Gasteiger partial charge in [-0.05, 0) is 80.6 Å². The highest BCUT2D eigenvalue weighted by Crippen LogP contribution is 2.65. The van der Waals surface area contributed by atoms with Gasteiger partial charge in [0.1, 0.15) is 11.6 Å². The fourth-order valence-corrected chi connectivity index (χ4v) is 7.40. The van der Waals surface area contributed by atoms with Gasteiger partial charge in [0.05, 0.1) is 0 Å². The van der Waals surface area contributed by atoms with Crippen molar-refractivity contribution in [3.63, 3.8) is 0 Å². The van der Waals surface area contributed by atoms with Crippen LogP contribution in [0.5, 0.6) is 0 Å². The van der Waals surface area contributed by atoms with E-state index in [4.69, 9.17) is 5.73 Å². The molecule has 144 valence electrons. The van der Waals surface area contributed by atoms with Gasteiger partial charge >= 0.3 is 0 Å². The summed E-state index contributed by atoms with van der Waals surface area (Å²) in [5, 5.41) is 0. The van der Waals surface area contributed by atoms with Crippen LogP contribution in [0.4, 0.5) is 0 Å². The minimum Gasteiger partial charge on any atom is -0.330 e. The molecule has 0 radical (unpaired) electrons. The van der Waals surface area contributed by atoms with Gasteiger partial charge in [0.15, 0.2) is 0 Å². The van der Waals surface area contributed by atoms with Gasteiger partial charge in [-0.2, -0.15) is 0 Å². The summed E-state index contributed by atoms with van der Waals surface area (Å²) in [5.41, 5.74) is 5.63. The van der Waals surface area contributed by atoms with Crippen LogP contribution in [0.2, 0.25) is 0 Å². The Bertz CT molecular complexity index is 626. The lowest BCUT2D eigenvalue weighted by molar-refractivity contribution is -0.157. The molecule has 4 fully saturated rings. The Morgan fingerprint density at radius 2 is 1.92 bits per heavy atom. The first-order valence-electron chi connectivity index (χ1n) is 10.8. The summed E-state index contributed by atoms with van der Waals surface area (Å²) in [6.45, 7) is 5.30. The summed E-state index contributed by atoms with van der Waals surface area (Å²) in [6.07, 6.45) is 13.6. The fourth-order valence-electron chi connectivity index (χ4n) is 7.40. The van der Waals surface area contributed by atoms with Crippen molar-refractivity contribution < 1.29 is 9.59 Å². The van der Waals surface area contributed by atoms with Gasteiger partial charge < -0.3 is 5.73 Å². The van der Waals surface area contributed by atoms with Gasteiger partial charge in [-0.3, -0.25) is 9.59 Å². The molecule has 0 bridgehead atoms. The van der Waals surface area contributed by atoms with E-state index in [9.17, 15) is 9.59 Å². The number of nitrogens with two attached hydrogens (primary N) is 1. The van der Waals surface area contributed by atoms with Gasteiger partial charge in [0, 0.05) is 24.2 Å². The standard InChI is InChI=1S/C23H35NO2/c1-22-10-8-15(5-3-4-12-24)13-19(22)20(25)14-16-17-6-7-21(26)23(17,2)11-9-18(16)22/h3,5,15-19H,4,6-14,24H2,1-2H3/t15-,16-,17-,18-,19?,22+,23-/m0/s1. The van der Waals surface area contributed by atoms with Gasteiger partial charge in [-0.15, -0.1) is 0 Å². The highest BCUT2D eigenvalue weighted by atomic mass is 16.1. The van der Waals surface area contributed by atoms with Gasteiger partial charge in [-0.1, -0.05) is 26.0 Å². The van der Waals surface area contributed by atoms with Gasteiger partial charge in [-0.25, -0.2) is 0 Å². The van der Waals surface area contributed by atoms with E-state index in [1.165, 1.54) is 12.8 Å². The first-order chi connectivity index (χ1) is 12.4. The highest BCUT2D eigenvalue weighted by Gasteiger charge is 2.62. The average molecular weight is 358 g/mol. The smallest absolute Gasteiger partial charge is 0.139 e. The van der Waals surface area contributed by atoms with Crippen molar-refractivity contribution in [1.29, 1.82) is 0 Å². The van der Waals surface area contributed by atoms with E-state index in [0.717, 1.165) is 44.9 Å². The van der Waals surface area contributed by atoms with Crippen LogP contribution in [-0.4, -0.2) is 18.1 Å². The van der Waals surface area contributed by atoms with Crippen molar-refractivity contribution >= 4 is 11.6 Å². The van der Waals surface area contributed by atoms with Crippen LogP contribution in [0, 0.1) is 40.4 Å². The molecular formula is C23H35NO2. The number of Topliss-reactive ketones (excluding diaryl/α,β-unsaturated/α-hetero) is 2. The Morgan fingerprint density at radius 1 is 1.12 bits per heavy atom. The monoisotopic (exact) mass is 357 g/mol. The normalized spacial score (nSPS) is 48.3. The Labute approximate surface area is 158 Å². The lowest BCUT2D eigenvalue weighted by atomic mass is 9.44. The van der Waals surface area contributed by atoms with Crippen molar-refractivity contribution in [1.82, 2.24) is 0 Å². The zero-order valence-electron chi connectivity index (χ0n) is 16.5. The number of ketones is 2. The quantitative estimate of drug-likeness (QED) is 0.766. The molecule has 2 N–H and O–H groups in total. The van der Waals surface area contributed by atoms with Crippen LogP contribution in [0.1, 0.15) is 71.6 Å². The maximum Gasteiger partial charge on any atom is 0.139 e. The van der Waals surface area contributed by atoms with Crippen LogP contribution in [0.25, 0.3) is 0 Å². The first-order valence-corrected chi connectivity index (χ1v) is 10.8. The van der Waals surface area contributed by atoms with Crippen molar-refractivity contribution in [2.24, 2.45) is 46.2 Å². The summed E-state index contributed by atoms with van der Waals surface area (Å²) < 4.78 is 0. The second-order valence-electron chi connectivity index (χ2n) is 10.1. The van der Waals surface area contributed by atoms with E-state index in [0.29, 0.717) is 41.8 Å². The number of hydrogen-bond acceptors (Lipinski definition) is 3. The van der Waals surface area contributed by atoms with Crippen LogP contribution in [0.3, 0.4) is 0 Å². The number of allylic oxidation sites excluding steroid dienone is 1. The molecule has 4 saturated carbocycles. The number of fused-ring (bicyclic) bond motifs is 5. The molecule has 4 aliphatic rings. The Balaban J connectivity index is 1.56. The van der Waals surface area contributed by atoms with Gasteiger partial charge in [0.25, 0.3) is 0 Å². The average Bonchev–Trinajstić information content (AvgIpc) is 2.92. The van der Waals surface area contributed by atoms with E-state index in [1.807, 2.05) is 0 Å². The Hall–Kier alpha value is -0.960. The molecule has 0 amide bonds. The number of carbonyl (C=O) groups excluding carboxylic acids is 2. The lowest BCUT2D eigenvalue weighted by Crippen LogP contribution is -2.56. The molecule has 0 aromatic heterocycles. The molecule has 26 heavy (non-hydrogen) atoms. The molecule has 3 nitrogen and oxygen atoms in total. The lowest BCUT2D eigenvalue weighted by Gasteiger charge is -2.59. The largest absolute Gasteiger partial charge is 0.330 e. The summed E-state index contributed by atoms with van der Waals surface area (Å²) in [7, 11) is 0. The van der Waals surface area contributed by atoms with Crippen LogP contribution in [0.15, 0.2) is 12.2 Å². The molecule has 0 spiro atoms. The predicted molar refractivity (Wildman–Crippen MR) is 103 cm³/mol. The second kappa shape index (κ2) is 6.58. The Morgan fingerprint density at radius 3 is 2.69 bits per heavy atom. The van der Waals surface area contributed by atoms with Crippen molar-refractivity contribution in [2.75, 3.05) is 6.54 Å². The third-order valence-electron chi connectivity index (χ3n) is 8.95. The van der Waals surface area contributed by atoms with E-state index >= 15 is 0 Å². The number of hydrogen-bond donors (Lipinski definition) is 1. The molecule has 7 atom stereocenters. The molecule has 0 saturated heterocycles. The zero-order valence-corrected chi connectivity index (χ0v) is 16.5. The van der Waals surface area contributed by atoms with Crippen molar-refractivity contribution in [3.8, 4) is 0 Å². The van der Waals surface area contributed by atoms with Crippen LogP contribution in [-0.2, 0) is 9.59 Å². The summed E-state index contributed by atoms with van der Waals surface area (Å²) in [4.78, 5) is 25.7. The third kappa shape index (κ3) is 2.65. The molecule has 1 unspecified atom stereocenters. The third-order valence-corrected chi connectivity index (χ3v) is 8.95. The highest BCUT2D eigenvalue weighted by molar-refractivity contribution is 5.88. The summed E-state index contributed by atoms with van der Waals surface area (Å²) in [6, 6.07) is 0. The molecule has 3 heteroatoms. The maximum atomic E-state index is 13.2. The SMILES string of the molecule is C[C@]12CC[C@H](C=CCCN)CC1C(=O)C[C@@H]1[C@@H]2CC[C@]2(C)C(=O)CC[C@@H]12.